The number of aryl methyl sites for hydroxylation is 1. The Morgan fingerprint density at radius 2 is 2.06 bits per heavy atom. The van der Waals surface area contributed by atoms with Crippen molar-refractivity contribution in [2.24, 2.45) is 5.73 Å². The lowest BCUT2D eigenvalue weighted by Gasteiger charge is -2.15. The van der Waals surface area contributed by atoms with Gasteiger partial charge in [0.25, 0.3) is 0 Å². The van der Waals surface area contributed by atoms with Gasteiger partial charge in [-0.1, -0.05) is 6.07 Å². The van der Waals surface area contributed by atoms with Gasteiger partial charge in [-0.25, -0.2) is 0 Å². The summed E-state index contributed by atoms with van der Waals surface area (Å²) in [5.74, 6) is 0.957. The normalized spacial score (nSPS) is 16.4. The van der Waals surface area contributed by atoms with E-state index in [0.717, 1.165) is 18.9 Å². The van der Waals surface area contributed by atoms with Crippen LogP contribution in [0.15, 0.2) is 18.2 Å². The lowest BCUT2D eigenvalue weighted by atomic mass is 10.1. The van der Waals surface area contributed by atoms with Gasteiger partial charge in [0.2, 0.25) is 0 Å². The van der Waals surface area contributed by atoms with Crippen LogP contribution in [0.1, 0.15) is 24.0 Å². The molecule has 1 aliphatic rings. The molecule has 1 heterocycles. The van der Waals surface area contributed by atoms with Crippen molar-refractivity contribution in [2.75, 3.05) is 26.2 Å². The zero-order valence-electron chi connectivity index (χ0n) is 10.6. The van der Waals surface area contributed by atoms with Crippen LogP contribution < -0.4 is 10.5 Å². The highest BCUT2D eigenvalue weighted by atomic mass is 16.5. The highest BCUT2D eigenvalue weighted by Gasteiger charge is 2.10. The summed E-state index contributed by atoms with van der Waals surface area (Å²) in [5.41, 5.74) is 8.04. The van der Waals surface area contributed by atoms with Gasteiger partial charge in [0.1, 0.15) is 12.4 Å². The van der Waals surface area contributed by atoms with Gasteiger partial charge in [0.15, 0.2) is 0 Å². The van der Waals surface area contributed by atoms with Gasteiger partial charge in [0.05, 0.1) is 0 Å². The average Bonchev–Trinajstić information content (AvgIpc) is 2.82. The lowest BCUT2D eigenvalue weighted by Crippen LogP contribution is -2.25. The molecule has 1 aromatic carbocycles. The van der Waals surface area contributed by atoms with Crippen LogP contribution in [0.2, 0.25) is 0 Å². The Hall–Kier alpha value is -1.06. The topological polar surface area (TPSA) is 38.5 Å². The van der Waals surface area contributed by atoms with E-state index in [-0.39, 0.29) is 0 Å². The van der Waals surface area contributed by atoms with Crippen LogP contribution in [0.5, 0.6) is 5.75 Å². The first-order valence-corrected chi connectivity index (χ1v) is 6.44. The zero-order valence-corrected chi connectivity index (χ0v) is 10.6. The van der Waals surface area contributed by atoms with Crippen LogP contribution in [0.4, 0.5) is 0 Å². The predicted octanol–water partition coefficient (Wildman–Crippen LogP) is 1.93. The predicted molar refractivity (Wildman–Crippen MR) is 70.2 cm³/mol. The highest BCUT2D eigenvalue weighted by molar-refractivity contribution is 5.34. The van der Waals surface area contributed by atoms with E-state index in [0.29, 0.717) is 6.54 Å². The molecule has 3 nitrogen and oxygen atoms in total. The second kappa shape index (κ2) is 6.03. The van der Waals surface area contributed by atoms with Gasteiger partial charge in [-0.2, -0.15) is 0 Å². The molecule has 3 heteroatoms. The molecule has 1 fully saturated rings. The van der Waals surface area contributed by atoms with Gasteiger partial charge in [-0.3, -0.25) is 4.90 Å². The van der Waals surface area contributed by atoms with Crippen LogP contribution in [-0.4, -0.2) is 31.1 Å². The van der Waals surface area contributed by atoms with Crippen molar-refractivity contribution in [3.05, 3.63) is 29.3 Å². The minimum atomic E-state index is 0.597. The molecule has 0 spiro atoms. The summed E-state index contributed by atoms with van der Waals surface area (Å²) in [5, 5.41) is 0. The monoisotopic (exact) mass is 234 g/mol. The van der Waals surface area contributed by atoms with E-state index < -0.39 is 0 Å². The van der Waals surface area contributed by atoms with Crippen LogP contribution in [0.3, 0.4) is 0 Å². The van der Waals surface area contributed by atoms with Gasteiger partial charge < -0.3 is 10.5 Å². The molecule has 0 bridgehead atoms. The fourth-order valence-corrected chi connectivity index (χ4v) is 2.29. The van der Waals surface area contributed by atoms with E-state index >= 15 is 0 Å². The molecule has 0 atom stereocenters. The number of hydrogen-bond acceptors (Lipinski definition) is 3. The minimum Gasteiger partial charge on any atom is -0.492 e. The first-order chi connectivity index (χ1) is 8.29. The highest BCUT2D eigenvalue weighted by Crippen LogP contribution is 2.17. The molecule has 0 aliphatic carbocycles. The van der Waals surface area contributed by atoms with Crippen LogP contribution in [0.25, 0.3) is 0 Å². The molecule has 0 amide bonds. The zero-order chi connectivity index (χ0) is 12.1. The summed E-state index contributed by atoms with van der Waals surface area (Å²) < 4.78 is 5.77. The minimum absolute atomic E-state index is 0.597. The molecule has 0 saturated carbocycles. The Balaban J connectivity index is 1.80. The van der Waals surface area contributed by atoms with Crippen LogP contribution in [0, 0.1) is 6.92 Å². The van der Waals surface area contributed by atoms with Crippen molar-refractivity contribution in [3.8, 4) is 5.75 Å². The third-order valence-corrected chi connectivity index (χ3v) is 3.41. The molecule has 2 rings (SSSR count). The SMILES string of the molecule is Cc1cc(OCCN2CCCC2)ccc1CN. The Kier molecular flexibility index (Phi) is 4.40. The van der Waals surface area contributed by atoms with E-state index in [1.54, 1.807) is 0 Å². The van der Waals surface area contributed by atoms with Crippen molar-refractivity contribution in [2.45, 2.75) is 26.3 Å². The molecule has 1 aliphatic heterocycles. The Bertz CT molecular complexity index is 359. The Morgan fingerprint density at radius 1 is 1.29 bits per heavy atom. The molecule has 1 saturated heterocycles. The summed E-state index contributed by atoms with van der Waals surface area (Å²) in [7, 11) is 0. The molecule has 1 aromatic rings. The van der Waals surface area contributed by atoms with Gasteiger partial charge in [-0.15, -0.1) is 0 Å². The number of nitrogens with zero attached hydrogens (tertiary/aromatic N) is 1. The molecule has 2 N–H and O–H groups in total. The number of hydrogen-bond donors (Lipinski definition) is 1. The van der Waals surface area contributed by atoms with Crippen molar-refractivity contribution in [3.63, 3.8) is 0 Å². The van der Waals surface area contributed by atoms with E-state index in [1.807, 2.05) is 6.07 Å². The first-order valence-electron chi connectivity index (χ1n) is 6.44. The van der Waals surface area contributed by atoms with E-state index in [2.05, 4.69) is 24.0 Å². The largest absolute Gasteiger partial charge is 0.492 e. The smallest absolute Gasteiger partial charge is 0.119 e. The Labute approximate surface area is 104 Å². The molecule has 0 radical (unpaired) electrons. The molecular weight excluding hydrogens is 212 g/mol. The van der Waals surface area contributed by atoms with Crippen LogP contribution in [-0.2, 0) is 6.54 Å². The number of nitrogens with two attached hydrogens (primary N) is 1. The third kappa shape index (κ3) is 3.45. The summed E-state index contributed by atoms with van der Waals surface area (Å²) in [6.45, 7) is 6.96. The second-order valence-corrected chi connectivity index (χ2v) is 4.69. The maximum Gasteiger partial charge on any atom is 0.119 e. The summed E-state index contributed by atoms with van der Waals surface area (Å²) in [4.78, 5) is 2.46. The van der Waals surface area contributed by atoms with E-state index in [9.17, 15) is 0 Å². The van der Waals surface area contributed by atoms with E-state index in [4.69, 9.17) is 10.5 Å². The molecule has 0 unspecified atom stereocenters. The second-order valence-electron chi connectivity index (χ2n) is 4.69. The van der Waals surface area contributed by atoms with Crippen molar-refractivity contribution >= 4 is 0 Å². The fraction of sp³-hybridized carbons (Fsp3) is 0.571. The van der Waals surface area contributed by atoms with Gasteiger partial charge >= 0.3 is 0 Å². The molecule has 17 heavy (non-hydrogen) atoms. The van der Waals surface area contributed by atoms with Crippen molar-refractivity contribution in [1.29, 1.82) is 0 Å². The molecular formula is C14H22N2O. The number of likely N-dealkylation sites (tertiary alicyclic amines) is 1. The quantitative estimate of drug-likeness (QED) is 0.846. The molecule has 0 aromatic heterocycles. The summed E-state index contributed by atoms with van der Waals surface area (Å²) >= 11 is 0. The summed E-state index contributed by atoms with van der Waals surface area (Å²) in [6.07, 6.45) is 2.68. The average molecular weight is 234 g/mol. The fourth-order valence-electron chi connectivity index (χ4n) is 2.29. The third-order valence-electron chi connectivity index (χ3n) is 3.41. The molecule has 94 valence electrons. The number of ether oxygens (including phenoxy) is 1. The standard InChI is InChI=1S/C14H22N2O/c1-12-10-14(5-4-13(12)11-15)17-9-8-16-6-2-3-7-16/h4-5,10H,2-3,6-9,11,15H2,1H3. The number of rotatable bonds is 5. The lowest BCUT2D eigenvalue weighted by molar-refractivity contribution is 0.237. The van der Waals surface area contributed by atoms with Gasteiger partial charge in [0, 0.05) is 13.1 Å². The maximum atomic E-state index is 5.77. The van der Waals surface area contributed by atoms with Gasteiger partial charge in [-0.05, 0) is 56.1 Å². The maximum absolute atomic E-state index is 5.77. The Morgan fingerprint density at radius 3 is 2.71 bits per heavy atom. The first kappa shape index (κ1) is 12.4. The number of benzene rings is 1. The van der Waals surface area contributed by atoms with Crippen molar-refractivity contribution < 1.29 is 4.74 Å². The van der Waals surface area contributed by atoms with E-state index in [1.165, 1.54) is 37.1 Å². The summed E-state index contributed by atoms with van der Waals surface area (Å²) in [6, 6.07) is 6.14. The van der Waals surface area contributed by atoms with Crippen molar-refractivity contribution in [1.82, 2.24) is 4.90 Å². The van der Waals surface area contributed by atoms with Crippen LogP contribution >= 0.6 is 0 Å².